The smallest absolute Gasteiger partial charge is 0.0703 e. The van der Waals surface area contributed by atoms with Gasteiger partial charge in [0.1, 0.15) is 0 Å². The predicted molar refractivity (Wildman–Crippen MR) is 63.4 cm³/mol. The predicted octanol–water partition coefficient (Wildman–Crippen LogP) is 0.822. The Morgan fingerprint density at radius 2 is 2.31 bits per heavy atom. The molecule has 2 bridgehead atoms. The zero-order valence-corrected chi connectivity index (χ0v) is 10.7. The highest BCUT2D eigenvalue weighted by molar-refractivity contribution is 5.03. The summed E-state index contributed by atoms with van der Waals surface area (Å²) >= 11 is 0. The van der Waals surface area contributed by atoms with E-state index in [1.807, 2.05) is 0 Å². The number of nitrogens with one attached hydrogen (secondary N) is 1. The van der Waals surface area contributed by atoms with Crippen molar-refractivity contribution in [1.82, 2.24) is 10.2 Å². The second kappa shape index (κ2) is 5.00. The molecule has 3 aliphatic heterocycles. The second-order valence-corrected chi connectivity index (χ2v) is 5.14. The van der Waals surface area contributed by atoms with E-state index in [4.69, 9.17) is 9.47 Å². The summed E-state index contributed by atoms with van der Waals surface area (Å²) in [6.45, 7) is 8.26. The summed E-state index contributed by atoms with van der Waals surface area (Å²) < 4.78 is 10.9. The van der Waals surface area contributed by atoms with Crippen molar-refractivity contribution >= 4 is 0 Å². The van der Waals surface area contributed by atoms with Gasteiger partial charge in [-0.3, -0.25) is 10.2 Å². The SMILES string of the molecule is COCCCN1CCO[C@H](C)C2C[C@@]1(C)N2. The monoisotopic (exact) mass is 228 g/mol. The Labute approximate surface area is 98.3 Å². The molecule has 4 heteroatoms. The Bertz CT molecular complexity index is 227. The fraction of sp³-hybridized carbons (Fsp3) is 1.00. The van der Waals surface area contributed by atoms with Gasteiger partial charge in [-0.2, -0.15) is 0 Å². The van der Waals surface area contributed by atoms with Crippen molar-refractivity contribution in [1.29, 1.82) is 0 Å². The minimum atomic E-state index is 0.191. The van der Waals surface area contributed by atoms with Gasteiger partial charge in [-0.1, -0.05) is 0 Å². The van der Waals surface area contributed by atoms with Gasteiger partial charge in [0.05, 0.1) is 18.4 Å². The van der Waals surface area contributed by atoms with E-state index in [0.29, 0.717) is 12.1 Å². The Hall–Kier alpha value is -0.160. The van der Waals surface area contributed by atoms with Crippen LogP contribution in [-0.2, 0) is 9.47 Å². The standard InChI is InChI=1S/C12H24N2O2/c1-10-11-9-12(2,13-11)14(6-8-16-10)5-4-7-15-3/h10-11,13H,4-9H2,1-3H3/t10-,11?,12+/m1/s1. The molecule has 0 aliphatic carbocycles. The van der Waals surface area contributed by atoms with Gasteiger partial charge in [0.15, 0.2) is 0 Å². The summed E-state index contributed by atoms with van der Waals surface area (Å²) in [5, 5.41) is 3.64. The molecule has 0 spiro atoms. The van der Waals surface area contributed by atoms with E-state index < -0.39 is 0 Å². The zero-order chi connectivity index (χ0) is 11.6. The minimum Gasteiger partial charge on any atom is -0.385 e. The first kappa shape index (κ1) is 12.3. The molecule has 0 aromatic carbocycles. The molecule has 3 saturated heterocycles. The summed E-state index contributed by atoms with van der Waals surface area (Å²) in [4.78, 5) is 2.49. The first-order valence-corrected chi connectivity index (χ1v) is 6.29. The Morgan fingerprint density at radius 3 is 3.00 bits per heavy atom. The van der Waals surface area contributed by atoms with Gasteiger partial charge in [0.2, 0.25) is 0 Å². The van der Waals surface area contributed by atoms with E-state index in [9.17, 15) is 0 Å². The number of methoxy groups -OCH3 is 1. The lowest BCUT2D eigenvalue weighted by Gasteiger charge is -2.56. The van der Waals surface area contributed by atoms with Crippen LogP contribution in [0.1, 0.15) is 26.7 Å². The number of hydrogen-bond acceptors (Lipinski definition) is 4. The van der Waals surface area contributed by atoms with Gasteiger partial charge in [-0.15, -0.1) is 0 Å². The third-order valence-electron chi connectivity index (χ3n) is 3.90. The van der Waals surface area contributed by atoms with Crippen molar-refractivity contribution in [2.45, 2.75) is 44.5 Å². The zero-order valence-electron chi connectivity index (χ0n) is 10.7. The first-order chi connectivity index (χ1) is 7.65. The Balaban J connectivity index is 1.87. The summed E-state index contributed by atoms with van der Waals surface area (Å²) in [6.07, 6.45) is 2.64. The molecule has 1 N–H and O–H groups in total. The highest BCUT2D eigenvalue weighted by Crippen LogP contribution is 2.32. The summed E-state index contributed by atoms with van der Waals surface area (Å²) in [5.74, 6) is 0. The van der Waals surface area contributed by atoms with E-state index in [0.717, 1.165) is 32.7 Å². The minimum absolute atomic E-state index is 0.191. The Morgan fingerprint density at radius 1 is 1.56 bits per heavy atom. The molecule has 3 fully saturated rings. The lowest BCUT2D eigenvalue weighted by atomic mass is 9.85. The Kier molecular flexibility index (Phi) is 3.85. The van der Waals surface area contributed by atoms with Crippen LogP contribution in [0.25, 0.3) is 0 Å². The fourth-order valence-corrected chi connectivity index (χ4v) is 2.78. The van der Waals surface area contributed by atoms with Crippen LogP contribution >= 0.6 is 0 Å². The third kappa shape index (κ3) is 2.40. The maximum Gasteiger partial charge on any atom is 0.0703 e. The van der Waals surface area contributed by atoms with Crippen LogP contribution in [0.5, 0.6) is 0 Å². The largest absolute Gasteiger partial charge is 0.385 e. The van der Waals surface area contributed by atoms with Crippen molar-refractivity contribution < 1.29 is 9.47 Å². The summed E-state index contributed by atoms with van der Waals surface area (Å²) in [7, 11) is 1.76. The number of hydrogen-bond donors (Lipinski definition) is 1. The van der Waals surface area contributed by atoms with Crippen LogP contribution in [0.15, 0.2) is 0 Å². The number of fused-ring (bicyclic) bond motifs is 4. The van der Waals surface area contributed by atoms with E-state index in [-0.39, 0.29) is 5.66 Å². The van der Waals surface area contributed by atoms with Crippen LogP contribution in [0.2, 0.25) is 0 Å². The molecule has 3 aliphatic rings. The molecule has 3 rings (SSSR count). The maximum absolute atomic E-state index is 5.78. The molecule has 0 aromatic heterocycles. The van der Waals surface area contributed by atoms with Crippen LogP contribution in [0, 0.1) is 0 Å². The molecule has 0 amide bonds. The fourth-order valence-electron chi connectivity index (χ4n) is 2.78. The molecule has 0 saturated carbocycles. The number of rotatable bonds is 4. The molecular weight excluding hydrogens is 204 g/mol. The van der Waals surface area contributed by atoms with Crippen molar-refractivity contribution in [3.8, 4) is 0 Å². The highest BCUT2D eigenvalue weighted by atomic mass is 16.5. The topological polar surface area (TPSA) is 33.7 Å². The molecular formula is C12H24N2O2. The average molecular weight is 228 g/mol. The van der Waals surface area contributed by atoms with Crippen LogP contribution in [0.4, 0.5) is 0 Å². The van der Waals surface area contributed by atoms with Crippen molar-refractivity contribution in [3.63, 3.8) is 0 Å². The van der Waals surface area contributed by atoms with Crippen molar-refractivity contribution in [3.05, 3.63) is 0 Å². The van der Waals surface area contributed by atoms with E-state index in [2.05, 4.69) is 24.1 Å². The molecule has 94 valence electrons. The average Bonchev–Trinajstić information content (AvgIpc) is 2.21. The van der Waals surface area contributed by atoms with Gasteiger partial charge in [-0.25, -0.2) is 0 Å². The lowest BCUT2D eigenvalue weighted by Crippen LogP contribution is -2.74. The van der Waals surface area contributed by atoms with Gasteiger partial charge in [-0.05, 0) is 26.7 Å². The van der Waals surface area contributed by atoms with Crippen molar-refractivity contribution in [2.24, 2.45) is 0 Å². The second-order valence-electron chi connectivity index (χ2n) is 5.14. The third-order valence-corrected chi connectivity index (χ3v) is 3.90. The van der Waals surface area contributed by atoms with Crippen LogP contribution in [-0.4, -0.2) is 56.1 Å². The molecule has 16 heavy (non-hydrogen) atoms. The van der Waals surface area contributed by atoms with Crippen molar-refractivity contribution in [2.75, 3.05) is 33.4 Å². The molecule has 1 unspecified atom stereocenters. The van der Waals surface area contributed by atoms with Gasteiger partial charge in [0, 0.05) is 32.8 Å². The molecule has 0 aromatic rings. The molecule has 3 atom stereocenters. The quantitative estimate of drug-likeness (QED) is 0.722. The highest BCUT2D eigenvalue weighted by Gasteiger charge is 2.47. The van der Waals surface area contributed by atoms with E-state index in [1.165, 1.54) is 6.42 Å². The van der Waals surface area contributed by atoms with E-state index in [1.54, 1.807) is 7.11 Å². The normalized spacial score (nSPS) is 39.9. The summed E-state index contributed by atoms with van der Waals surface area (Å²) in [5.41, 5.74) is 0.191. The van der Waals surface area contributed by atoms with Gasteiger partial charge in [0.25, 0.3) is 0 Å². The molecule has 4 nitrogen and oxygen atoms in total. The van der Waals surface area contributed by atoms with Gasteiger partial charge >= 0.3 is 0 Å². The first-order valence-electron chi connectivity index (χ1n) is 6.29. The number of nitrogens with zero attached hydrogens (tertiary/aromatic N) is 1. The molecule has 3 heterocycles. The lowest BCUT2D eigenvalue weighted by molar-refractivity contribution is -0.118. The van der Waals surface area contributed by atoms with Gasteiger partial charge < -0.3 is 9.47 Å². The maximum atomic E-state index is 5.78. The van der Waals surface area contributed by atoms with Crippen LogP contribution in [0.3, 0.4) is 0 Å². The molecule has 0 radical (unpaired) electrons. The van der Waals surface area contributed by atoms with Crippen LogP contribution < -0.4 is 5.32 Å². The number of ether oxygens (including phenoxy) is 2. The summed E-state index contributed by atoms with van der Waals surface area (Å²) in [6, 6.07) is 0.537. The van der Waals surface area contributed by atoms with E-state index >= 15 is 0 Å².